The lowest BCUT2D eigenvalue weighted by atomic mass is 10.1. The maximum atomic E-state index is 5.53. The molecule has 1 atom stereocenters. The molecular formula is C13H21NOS. The highest BCUT2D eigenvalue weighted by Crippen LogP contribution is 2.25. The number of rotatable bonds is 7. The molecule has 0 heterocycles. The molecule has 3 heteroatoms. The van der Waals surface area contributed by atoms with Gasteiger partial charge in [0.25, 0.3) is 0 Å². The Kier molecular flexibility index (Phi) is 6.53. The van der Waals surface area contributed by atoms with E-state index in [1.54, 1.807) is 11.8 Å². The van der Waals surface area contributed by atoms with Crippen molar-refractivity contribution in [3.05, 3.63) is 29.8 Å². The Morgan fingerprint density at radius 1 is 1.31 bits per heavy atom. The predicted octanol–water partition coefficient (Wildman–Crippen LogP) is 3.10. The van der Waals surface area contributed by atoms with Crippen molar-refractivity contribution < 1.29 is 4.74 Å². The van der Waals surface area contributed by atoms with Crippen LogP contribution in [0.3, 0.4) is 0 Å². The first-order chi connectivity index (χ1) is 7.83. The Balaban J connectivity index is 2.81. The quantitative estimate of drug-likeness (QED) is 0.739. The molecule has 0 radical (unpaired) electrons. The number of hydrogen-bond donors (Lipinski definition) is 1. The highest BCUT2D eigenvalue weighted by atomic mass is 32.2. The smallest absolute Gasteiger partial charge is 0.0661 e. The van der Waals surface area contributed by atoms with Crippen LogP contribution in [-0.2, 0) is 4.74 Å². The Hall–Kier alpha value is -0.510. The minimum absolute atomic E-state index is 0.300. The summed E-state index contributed by atoms with van der Waals surface area (Å²) in [7, 11) is 0. The van der Waals surface area contributed by atoms with Gasteiger partial charge in [-0.05, 0) is 31.4 Å². The third-order valence-corrected chi connectivity index (χ3v) is 3.27. The number of thioether (sulfide) groups is 1. The number of ether oxygens (including phenoxy) is 1. The van der Waals surface area contributed by atoms with Crippen molar-refractivity contribution in [3.8, 4) is 0 Å². The normalized spacial score (nSPS) is 12.7. The molecule has 0 spiro atoms. The molecule has 0 saturated carbocycles. The average molecular weight is 239 g/mol. The molecule has 0 bridgehead atoms. The zero-order chi connectivity index (χ0) is 11.8. The highest BCUT2D eigenvalue weighted by Gasteiger charge is 2.13. The standard InChI is InChI=1S/C13H21NOS/c1-4-14-12(10-15-5-2)11-8-6-7-9-13(11)16-3/h6-9,12,14H,4-5,10H2,1-3H3. The fraction of sp³-hybridized carbons (Fsp3) is 0.538. The van der Waals surface area contributed by atoms with E-state index in [2.05, 4.69) is 42.8 Å². The molecule has 0 aliphatic heterocycles. The van der Waals surface area contributed by atoms with Gasteiger partial charge in [-0.2, -0.15) is 0 Å². The molecule has 0 fully saturated rings. The molecule has 16 heavy (non-hydrogen) atoms. The Morgan fingerprint density at radius 3 is 2.69 bits per heavy atom. The average Bonchev–Trinajstić information content (AvgIpc) is 2.34. The van der Waals surface area contributed by atoms with Crippen LogP contribution in [0, 0.1) is 0 Å². The minimum atomic E-state index is 0.300. The van der Waals surface area contributed by atoms with Crippen molar-refractivity contribution in [3.63, 3.8) is 0 Å². The monoisotopic (exact) mass is 239 g/mol. The van der Waals surface area contributed by atoms with Gasteiger partial charge in [0, 0.05) is 11.5 Å². The first-order valence-corrected chi connectivity index (χ1v) is 7.00. The summed E-state index contributed by atoms with van der Waals surface area (Å²) in [4.78, 5) is 1.33. The van der Waals surface area contributed by atoms with E-state index in [1.165, 1.54) is 10.5 Å². The maximum Gasteiger partial charge on any atom is 0.0661 e. The van der Waals surface area contributed by atoms with E-state index in [1.807, 2.05) is 6.92 Å². The van der Waals surface area contributed by atoms with E-state index in [9.17, 15) is 0 Å². The maximum absolute atomic E-state index is 5.53. The van der Waals surface area contributed by atoms with Crippen molar-refractivity contribution in [2.75, 3.05) is 26.0 Å². The largest absolute Gasteiger partial charge is 0.380 e. The molecule has 0 aromatic heterocycles. The van der Waals surface area contributed by atoms with Gasteiger partial charge in [-0.15, -0.1) is 11.8 Å². The van der Waals surface area contributed by atoms with Gasteiger partial charge >= 0.3 is 0 Å². The second kappa shape index (κ2) is 7.71. The topological polar surface area (TPSA) is 21.3 Å². The van der Waals surface area contributed by atoms with Crippen molar-refractivity contribution in [2.45, 2.75) is 24.8 Å². The first-order valence-electron chi connectivity index (χ1n) is 5.77. The van der Waals surface area contributed by atoms with E-state index >= 15 is 0 Å². The lowest BCUT2D eigenvalue weighted by molar-refractivity contribution is 0.123. The fourth-order valence-corrected chi connectivity index (χ4v) is 2.36. The van der Waals surface area contributed by atoms with Gasteiger partial charge < -0.3 is 10.1 Å². The summed E-state index contributed by atoms with van der Waals surface area (Å²) in [5, 5.41) is 3.47. The molecule has 0 saturated heterocycles. The van der Waals surface area contributed by atoms with E-state index in [4.69, 9.17) is 4.74 Å². The Labute approximate surface area is 103 Å². The number of nitrogens with one attached hydrogen (secondary N) is 1. The summed E-state index contributed by atoms with van der Waals surface area (Å²) >= 11 is 1.79. The zero-order valence-electron chi connectivity index (χ0n) is 10.3. The van der Waals surface area contributed by atoms with E-state index in [-0.39, 0.29) is 0 Å². The highest BCUT2D eigenvalue weighted by molar-refractivity contribution is 7.98. The summed E-state index contributed by atoms with van der Waals surface area (Å²) in [6.07, 6.45) is 2.11. The summed E-state index contributed by atoms with van der Waals surface area (Å²) in [5.41, 5.74) is 1.34. The van der Waals surface area contributed by atoms with Gasteiger partial charge in [0.05, 0.1) is 12.6 Å². The van der Waals surface area contributed by atoms with E-state index < -0.39 is 0 Å². The van der Waals surface area contributed by atoms with Crippen molar-refractivity contribution in [1.29, 1.82) is 0 Å². The molecule has 0 aliphatic rings. The van der Waals surface area contributed by atoms with Crippen LogP contribution >= 0.6 is 11.8 Å². The second-order valence-corrected chi connectivity index (χ2v) is 4.36. The molecule has 1 N–H and O–H groups in total. The summed E-state index contributed by atoms with van der Waals surface area (Å²) in [6.45, 7) is 6.62. The lowest BCUT2D eigenvalue weighted by Gasteiger charge is -2.20. The van der Waals surface area contributed by atoms with Gasteiger partial charge in [-0.1, -0.05) is 25.1 Å². The zero-order valence-corrected chi connectivity index (χ0v) is 11.1. The van der Waals surface area contributed by atoms with Crippen LogP contribution in [0.2, 0.25) is 0 Å². The van der Waals surface area contributed by atoms with Crippen molar-refractivity contribution >= 4 is 11.8 Å². The molecule has 1 aromatic rings. The lowest BCUT2D eigenvalue weighted by Crippen LogP contribution is -2.25. The fourth-order valence-electron chi connectivity index (χ4n) is 1.70. The van der Waals surface area contributed by atoms with Gasteiger partial charge in [-0.25, -0.2) is 0 Å². The molecular weight excluding hydrogens is 218 g/mol. The third kappa shape index (κ3) is 3.81. The van der Waals surface area contributed by atoms with Gasteiger partial charge in [0.15, 0.2) is 0 Å². The van der Waals surface area contributed by atoms with Crippen LogP contribution in [0.1, 0.15) is 25.5 Å². The van der Waals surface area contributed by atoms with Crippen molar-refractivity contribution in [1.82, 2.24) is 5.32 Å². The number of likely N-dealkylation sites (N-methyl/N-ethyl adjacent to an activating group) is 1. The molecule has 0 aliphatic carbocycles. The Bertz CT molecular complexity index is 304. The van der Waals surface area contributed by atoms with Crippen LogP contribution in [0.4, 0.5) is 0 Å². The van der Waals surface area contributed by atoms with Crippen molar-refractivity contribution in [2.24, 2.45) is 0 Å². The molecule has 1 unspecified atom stereocenters. The first kappa shape index (κ1) is 13.6. The predicted molar refractivity (Wildman–Crippen MR) is 71.1 cm³/mol. The van der Waals surface area contributed by atoms with Gasteiger partial charge in [-0.3, -0.25) is 0 Å². The van der Waals surface area contributed by atoms with Crippen LogP contribution in [-0.4, -0.2) is 26.0 Å². The number of benzene rings is 1. The molecule has 90 valence electrons. The summed E-state index contributed by atoms with van der Waals surface area (Å²) in [5.74, 6) is 0. The second-order valence-electron chi connectivity index (χ2n) is 3.51. The SMILES string of the molecule is CCNC(COCC)c1ccccc1SC. The van der Waals surface area contributed by atoms with E-state index in [0.29, 0.717) is 6.04 Å². The van der Waals surface area contributed by atoms with Crippen LogP contribution < -0.4 is 5.32 Å². The van der Waals surface area contributed by atoms with Gasteiger partial charge in [0.1, 0.15) is 0 Å². The summed E-state index contributed by atoms with van der Waals surface area (Å²) < 4.78 is 5.53. The Morgan fingerprint density at radius 2 is 2.06 bits per heavy atom. The minimum Gasteiger partial charge on any atom is -0.380 e. The molecule has 1 aromatic carbocycles. The third-order valence-electron chi connectivity index (χ3n) is 2.45. The number of hydrogen-bond acceptors (Lipinski definition) is 3. The van der Waals surface area contributed by atoms with Crippen LogP contribution in [0.25, 0.3) is 0 Å². The molecule has 0 amide bonds. The molecule has 2 nitrogen and oxygen atoms in total. The van der Waals surface area contributed by atoms with E-state index in [0.717, 1.165) is 19.8 Å². The van der Waals surface area contributed by atoms with Gasteiger partial charge in [0.2, 0.25) is 0 Å². The summed E-state index contributed by atoms with van der Waals surface area (Å²) in [6, 6.07) is 8.81. The molecule has 1 rings (SSSR count). The van der Waals surface area contributed by atoms with Crippen LogP contribution in [0.15, 0.2) is 29.2 Å². The van der Waals surface area contributed by atoms with Crippen LogP contribution in [0.5, 0.6) is 0 Å².